The average molecular weight is 585 g/mol. The van der Waals surface area contributed by atoms with Gasteiger partial charge in [0.2, 0.25) is 0 Å². The van der Waals surface area contributed by atoms with Gasteiger partial charge < -0.3 is 9.47 Å². The minimum Gasteiger partial charge on any atom is -0.469 e. The largest absolute Gasteiger partial charge is 0.469 e. The Balaban J connectivity index is 2.32. The van der Waals surface area contributed by atoms with Crippen LogP contribution in [0.2, 0.25) is 0 Å². The van der Waals surface area contributed by atoms with Crippen LogP contribution in [0.1, 0.15) is 66.8 Å². The second-order valence-corrected chi connectivity index (χ2v) is 9.61. The van der Waals surface area contributed by atoms with Gasteiger partial charge in [0.15, 0.2) is 0 Å². The first kappa shape index (κ1) is 31.1. The van der Waals surface area contributed by atoms with Gasteiger partial charge >= 0.3 is 30.6 Å². The number of fused-ring (bicyclic) bond motifs is 1. The zero-order valence-electron chi connectivity index (χ0n) is 21.5. The van der Waals surface area contributed by atoms with Gasteiger partial charge in [0.25, 0.3) is 0 Å². The number of alkyl halides is 9. The fourth-order valence-corrected chi connectivity index (χ4v) is 4.76. The number of nitrogens with zero attached hydrogens (tertiary/aromatic N) is 1. The number of carbonyl (C=O) groups is 2. The zero-order valence-corrected chi connectivity index (χ0v) is 21.5. The summed E-state index contributed by atoms with van der Waals surface area (Å²) < 4.78 is 132. The molecule has 0 aromatic heterocycles. The van der Waals surface area contributed by atoms with Crippen molar-refractivity contribution < 1.29 is 58.6 Å². The number of benzene rings is 2. The number of hydrogen-bond donors (Lipinski definition) is 0. The highest BCUT2D eigenvalue weighted by atomic mass is 19.4. The van der Waals surface area contributed by atoms with Crippen molar-refractivity contribution in [2.24, 2.45) is 0 Å². The highest BCUT2D eigenvalue weighted by Crippen LogP contribution is 2.49. The van der Waals surface area contributed by atoms with Crippen molar-refractivity contribution in [1.29, 1.82) is 0 Å². The van der Waals surface area contributed by atoms with E-state index in [0.717, 1.165) is 18.1 Å². The van der Waals surface area contributed by atoms with Crippen molar-refractivity contribution in [1.82, 2.24) is 0 Å². The highest BCUT2D eigenvalue weighted by molar-refractivity contribution is 5.91. The van der Waals surface area contributed by atoms with Crippen molar-refractivity contribution in [2.45, 2.75) is 69.7 Å². The van der Waals surface area contributed by atoms with Crippen LogP contribution in [0.4, 0.5) is 50.0 Å². The van der Waals surface area contributed by atoms with Crippen LogP contribution in [-0.2, 0) is 32.8 Å². The number of carbonyl (C=O) groups excluding carboxylic acids is 2. The van der Waals surface area contributed by atoms with Crippen LogP contribution in [0.15, 0.2) is 36.4 Å². The lowest BCUT2D eigenvalue weighted by Gasteiger charge is -2.41. The molecule has 0 radical (unpaired) electrons. The minimum atomic E-state index is -5.24. The molecule has 0 saturated heterocycles. The number of rotatable bonds is 4. The molecule has 0 N–H and O–H groups in total. The van der Waals surface area contributed by atoms with Crippen LogP contribution in [0.5, 0.6) is 0 Å². The molecule has 40 heavy (non-hydrogen) atoms. The topological polar surface area (TPSA) is 55.8 Å². The fraction of sp³-hybridized carbons (Fsp3) is 0.462. The molecule has 2 aromatic rings. The predicted octanol–water partition coefficient (Wildman–Crippen LogP) is 7.93. The van der Waals surface area contributed by atoms with Crippen LogP contribution in [0.25, 0.3) is 0 Å². The van der Waals surface area contributed by atoms with E-state index in [0.29, 0.717) is 24.3 Å². The second kappa shape index (κ2) is 10.8. The van der Waals surface area contributed by atoms with E-state index in [9.17, 15) is 49.1 Å². The monoisotopic (exact) mass is 585 g/mol. The molecule has 0 unspecified atom stereocenters. The Bertz CT molecular complexity index is 1240. The van der Waals surface area contributed by atoms with Crippen molar-refractivity contribution in [2.75, 3.05) is 12.0 Å². The summed E-state index contributed by atoms with van der Waals surface area (Å²) in [6, 6.07) is 1.91. The van der Waals surface area contributed by atoms with Crippen molar-refractivity contribution in [3.63, 3.8) is 0 Å². The molecule has 0 aliphatic carbocycles. The molecule has 3 atom stereocenters. The molecule has 0 spiro atoms. The Kier molecular flexibility index (Phi) is 8.43. The molecule has 14 heteroatoms. The van der Waals surface area contributed by atoms with E-state index >= 15 is 0 Å². The normalized spacial score (nSPS) is 18.8. The van der Waals surface area contributed by atoms with E-state index in [1.54, 1.807) is 0 Å². The Labute approximate surface area is 222 Å². The number of halogens is 9. The third kappa shape index (κ3) is 6.47. The van der Waals surface area contributed by atoms with Gasteiger partial charge in [-0.3, -0.25) is 9.69 Å². The SMILES string of the molecule is COC(=O)[C@H](c1cc(C(F)(F)F)cc(C(F)(F)F)c1)[C@H]1C[C@@H](C)N(C(=O)OC(C)C)c2ccc(C(F)(F)F)cc21. The van der Waals surface area contributed by atoms with Crippen LogP contribution in [-0.4, -0.2) is 31.3 Å². The molecule has 1 heterocycles. The predicted molar refractivity (Wildman–Crippen MR) is 124 cm³/mol. The maximum Gasteiger partial charge on any atom is 0.416 e. The first-order chi connectivity index (χ1) is 18.3. The zero-order chi connectivity index (χ0) is 30.4. The van der Waals surface area contributed by atoms with Crippen LogP contribution < -0.4 is 4.90 Å². The number of methoxy groups -OCH3 is 1. The summed E-state index contributed by atoms with van der Waals surface area (Å²) in [4.78, 5) is 26.9. The number of hydrogen-bond acceptors (Lipinski definition) is 4. The fourth-order valence-electron chi connectivity index (χ4n) is 4.76. The van der Waals surface area contributed by atoms with Crippen LogP contribution >= 0.6 is 0 Å². The Hall–Kier alpha value is -3.45. The maximum absolute atomic E-state index is 13.7. The molecule has 0 fully saturated rings. The summed E-state index contributed by atoms with van der Waals surface area (Å²) in [5, 5.41) is 0. The Morgan fingerprint density at radius 3 is 1.82 bits per heavy atom. The summed E-state index contributed by atoms with van der Waals surface area (Å²) in [7, 11) is 0.846. The summed E-state index contributed by atoms with van der Waals surface area (Å²) in [5.41, 5.74) is -5.81. The molecule has 3 rings (SSSR count). The Morgan fingerprint density at radius 1 is 0.850 bits per heavy atom. The van der Waals surface area contributed by atoms with Gasteiger partial charge in [0.1, 0.15) is 0 Å². The average Bonchev–Trinajstić information content (AvgIpc) is 2.81. The molecular formula is C26H24F9NO4. The van der Waals surface area contributed by atoms with Gasteiger partial charge in [-0.15, -0.1) is 0 Å². The van der Waals surface area contributed by atoms with Gasteiger partial charge in [-0.2, -0.15) is 39.5 Å². The summed E-state index contributed by atoms with van der Waals surface area (Å²) in [6.07, 6.45) is -17.3. The molecule has 220 valence electrons. The lowest BCUT2D eigenvalue weighted by molar-refractivity contribution is -0.146. The Morgan fingerprint density at radius 2 is 1.38 bits per heavy atom. The quantitative estimate of drug-likeness (QED) is 0.270. The summed E-state index contributed by atoms with van der Waals surface area (Å²) in [6.45, 7) is 4.51. The van der Waals surface area contributed by atoms with Gasteiger partial charge in [0.05, 0.1) is 41.5 Å². The van der Waals surface area contributed by atoms with Crippen molar-refractivity contribution in [3.05, 3.63) is 64.2 Å². The van der Waals surface area contributed by atoms with E-state index in [1.165, 1.54) is 20.8 Å². The standard InChI is InChI=1S/C26H24F9NO4/c1-12(2)40-23(38)36-13(3)7-19(18-11-15(24(27,28)29)5-6-20(18)36)21(22(37)39-4)14-8-16(25(30,31)32)10-17(9-14)26(33,34)35/h5-6,8-13,19,21H,7H2,1-4H3/t13-,19+,21-/m1/s1. The summed E-state index contributed by atoms with van der Waals surface area (Å²) >= 11 is 0. The first-order valence-electron chi connectivity index (χ1n) is 11.8. The van der Waals surface area contributed by atoms with Gasteiger partial charge in [0, 0.05) is 12.0 Å². The lowest BCUT2D eigenvalue weighted by atomic mass is 9.74. The van der Waals surface area contributed by atoms with Crippen molar-refractivity contribution in [3.8, 4) is 0 Å². The molecule has 5 nitrogen and oxygen atoms in total. The van der Waals surface area contributed by atoms with E-state index in [-0.39, 0.29) is 23.7 Å². The highest BCUT2D eigenvalue weighted by Gasteiger charge is 2.45. The molecule has 2 aromatic carbocycles. The maximum atomic E-state index is 13.7. The molecule has 0 bridgehead atoms. The van der Waals surface area contributed by atoms with Gasteiger partial charge in [-0.05, 0) is 74.7 Å². The first-order valence-corrected chi connectivity index (χ1v) is 11.8. The van der Waals surface area contributed by atoms with E-state index in [1.807, 2.05) is 0 Å². The number of esters is 1. The lowest BCUT2D eigenvalue weighted by Crippen LogP contribution is -2.45. The van der Waals surface area contributed by atoms with Crippen LogP contribution in [0, 0.1) is 0 Å². The minimum absolute atomic E-state index is 0.124. The van der Waals surface area contributed by atoms with Crippen LogP contribution in [0.3, 0.4) is 0 Å². The molecule has 1 aliphatic rings. The number of amides is 1. The second-order valence-electron chi connectivity index (χ2n) is 9.61. The van der Waals surface area contributed by atoms with Gasteiger partial charge in [-0.1, -0.05) is 0 Å². The van der Waals surface area contributed by atoms with E-state index < -0.39 is 76.8 Å². The molecule has 1 amide bonds. The number of anilines is 1. The van der Waals surface area contributed by atoms with E-state index in [4.69, 9.17) is 9.47 Å². The van der Waals surface area contributed by atoms with Gasteiger partial charge in [-0.25, -0.2) is 4.79 Å². The number of ether oxygens (including phenoxy) is 2. The van der Waals surface area contributed by atoms with Crippen molar-refractivity contribution >= 4 is 17.7 Å². The summed E-state index contributed by atoms with van der Waals surface area (Å²) in [5.74, 6) is -4.57. The third-order valence-electron chi connectivity index (χ3n) is 6.41. The smallest absolute Gasteiger partial charge is 0.416 e. The molecule has 0 saturated carbocycles. The third-order valence-corrected chi connectivity index (χ3v) is 6.41. The van der Waals surface area contributed by atoms with E-state index in [2.05, 4.69) is 0 Å². The molecule has 1 aliphatic heterocycles. The molecular weight excluding hydrogens is 561 g/mol.